The van der Waals surface area contributed by atoms with Crippen LogP contribution in [0.1, 0.15) is 32.6 Å². The summed E-state index contributed by atoms with van der Waals surface area (Å²) in [5, 5.41) is 0. The molecule has 0 aliphatic carbocycles. The lowest BCUT2D eigenvalue weighted by Crippen LogP contribution is -2.40. The number of hydrogen-bond acceptors (Lipinski definition) is 3. The highest BCUT2D eigenvalue weighted by Crippen LogP contribution is 2.40. The molecule has 0 radical (unpaired) electrons. The van der Waals surface area contributed by atoms with E-state index in [2.05, 4.69) is 0 Å². The SMILES string of the molecule is CCN(C[C@H]1CCN(C(=O)[C@H]2C[C@H]3CC[C@H]2O3)C1)CC(F)(F)F. The maximum absolute atomic E-state index is 12.6. The summed E-state index contributed by atoms with van der Waals surface area (Å²) in [5.41, 5.74) is 0. The number of nitrogens with zero attached hydrogens (tertiary/aromatic N) is 2. The van der Waals surface area contributed by atoms with Crippen molar-refractivity contribution in [3.63, 3.8) is 0 Å². The first-order valence-corrected chi connectivity index (χ1v) is 8.59. The Morgan fingerprint density at radius 2 is 2.09 bits per heavy atom. The number of carbonyl (C=O) groups is 1. The number of carbonyl (C=O) groups excluding carboxylic acids is 1. The molecule has 2 bridgehead atoms. The predicted octanol–water partition coefficient (Wildman–Crippen LogP) is 2.29. The molecule has 0 aromatic carbocycles. The minimum Gasteiger partial charge on any atom is -0.374 e. The zero-order chi connectivity index (χ0) is 16.6. The molecule has 3 saturated heterocycles. The summed E-state index contributed by atoms with van der Waals surface area (Å²) >= 11 is 0. The highest BCUT2D eigenvalue weighted by Gasteiger charge is 2.46. The number of halogens is 3. The van der Waals surface area contributed by atoms with Crippen molar-refractivity contribution in [3.05, 3.63) is 0 Å². The van der Waals surface area contributed by atoms with Gasteiger partial charge in [-0.05, 0) is 38.1 Å². The van der Waals surface area contributed by atoms with Crippen molar-refractivity contribution in [3.8, 4) is 0 Å². The molecule has 3 heterocycles. The fourth-order valence-electron chi connectivity index (χ4n) is 4.24. The molecular weight excluding hydrogens is 309 g/mol. The van der Waals surface area contributed by atoms with Crippen molar-refractivity contribution in [2.45, 2.75) is 51.0 Å². The van der Waals surface area contributed by atoms with Crippen LogP contribution in [0.4, 0.5) is 13.2 Å². The lowest BCUT2D eigenvalue weighted by molar-refractivity contribution is -0.147. The number of likely N-dealkylation sites (tertiary alicyclic amines) is 1. The van der Waals surface area contributed by atoms with Gasteiger partial charge in [0, 0.05) is 19.6 Å². The van der Waals surface area contributed by atoms with Gasteiger partial charge in [0.1, 0.15) is 0 Å². The average Bonchev–Trinajstić information content (AvgIpc) is 3.20. The first kappa shape index (κ1) is 17.0. The van der Waals surface area contributed by atoms with Gasteiger partial charge in [-0.1, -0.05) is 6.92 Å². The van der Waals surface area contributed by atoms with Crippen LogP contribution in [0.2, 0.25) is 0 Å². The Balaban J connectivity index is 1.49. The van der Waals surface area contributed by atoms with Crippen LogP contribution < -0.4 is 0 Å². The Kier molecular flexibility index (Phi) is 4.88. The van der Waals surface area contributed by atoms with Crippen LogP contribution >= 0.6 is 0 Å². The fourth-order valence-corrected chi connectivity index (χ4v) is 4.24. The van der Waals surface area contributed by atoms with E-state index in [9.17, 15) is 18.0 Å². The summed E-state index contributed by atoms with van der Waals surface area (Å²) in [6.45, 7) is 2.92. The molecule has 0 N–H and O–H groups in total. The van der Waals surface area contributed by atoms with Gasteiger partial charge >= 0.3 is 6.18 Å². The molecular formula is C16H25F3N2O2. The molecule has 3 fully saturated rings. The van der Waals surface area contributed by atoms with E-state index in [0.29, 0.717) is 26.2 Å². The molecule has 0 aromatic rings. The normalized spacial score (nSPS) is 33.9. The highest BCUT2D eigenvalue weighted by atomic mass is 19.4. The third-order valence-electron chi connectivity index (χ3n) is 5.39. The molecule has 23 heavy (non-hydrogen) atoms. The Morgan fingerprint density at radius 3 is 2.65 bits per heavy atom. The number of alkyl halides is 3. The van der Waals surface area contributed by atoms with Gasteiger partial charge in [-0.25, -0.2) is 0 Å². The molecule has 0 unspecified atom stereocenters. The topological polar surface area (TPSA) is 32.8 Å². The minimum atomic E-state index is -4.16. The lowest BCUT2D eigenvalue weighted by atomic mass is 9.88. The summed E-state index contributed by atoms with van der Waals surface area (Å²) in [6.07, 6.45) is -0.210. The van der Waals surface area contributed by atoms with Gasteiger partial charge in [-0.2, -0.15) is 13.2 Å². The predicted molar refractivity (Wildman–Crippen MR) is 78.9 cm³/mol. The largest absolute Gasteiger partial charge is 0.401 e. The van der Waals surface area contributed by atoms with Gasteiger partial charge in [-0.15, -0.1) is 0 Å². The number of amides is 1. The van der Waals surface area contributed by atoms with Crippen molar-refractivity contribution < 1.29 is 22.7 Å². The summed E-state index contributed by atoms with van der Waals surface area (Å²) in [5.74, 6) is 0.268. The zero-order valence-corrected chi connectivity index (χ0v) is 13.5. The monoisotopic (exact) mass is 334 g/mol. The Hall–Kier alpha value is -0.820. The summed E-state index contributed by atoms with van der Waals surface area (Å²) in [6, 6.07) is 0. The quantitative estimate of drug-likeness (QED) is 0.773. The first-order valence-electron chi connectivity index (χ1n) is 8.59. The van der Waals surface area contributed by atoms with Crippen molar-refractivity contribution in [1.82, 2.24) is 9.80 Å². The van der Waals surface area contributed by atoms with Gasteiger partial charge in [0.25, 0.3) is 0 Å². The molecule has 3 aliphatic heterocycles. The number of rotatable bonds is 5. The minimum absolute atomic E-state index is 0.0232. The van der Waals surface area contributed by atoms with Crippen molar-refractivity contribution in [1.29, 1.82) is 0 Å². The molecule has 3 rings (SSSR count). The van der Waals surface area contributed by atoms with Crippen LogP contribution in [0, 0.1) is 11.8 Å². The Morgan fingerprint density at radius 1 is 1.30 bits per heavy atom. The second-order valence-electron chi connectivity index (χ2n) is 7.10. The summed E-state index contributed by atoms with van der Waals surface area (Å²) in [4.78, 5) is 15.9. The van der Waals surface area contributed by atoms with Gasteiger partial charge < -0.3 is 9.64 Å². The van der Waals surface area contributed by atoms with Crippen molar-refractivity contribution in [2.24, 2.45) is 11.8 Å². The smallest absolute Gasteiger partial charge is 0.374 e. The van der Waals surface area contributed by atoms with E-state index in [0.717, 1.165) is 25.7 Å². The van der Waals surface area contributed by atoms with E-state index in [1.54, 1.807) is 6.92 Å². The lowest BCUT2D eigenvalue weighted by Gasteiger charge is -2.26. The van der Waals surface area contributed by atoms with Crippen LogP contribution in [0.5, 0.6) is 0 Å². The average molecular weight is 334 g/mol. The van der Waals surface area contributed by atoms with E-state index in [1.165, 1.54) is 4.90 Å². The van der Waals surface area contributed by atoms with E-state index < -0.39 is 12.7 Å². The Labute approximate surface area is 134 Å². The van der Waals surface area contributed by atoms with E-state index >= 15 is 0 Å². The zero-order valence-electron chi connectivity index (χ0n) is 13.5. The van der Waals surface area contributed by atoms with Crippen LogP contribution in [0.3, 0.4) is 0 Å². The first-order chi connectivity index (χ1) is 10.9. The standard InChI is InChI=1S/C16H25F3N2O2/c1-2-20(10-16(17,18)19)8-11-5-6-21(9-11)15(22)13-7-12-3-4-14(13)23-12/h11-14H,2-10H2,1H3/t11-,12-,13+,14-/m1/s1. The Bertz CT molecular complexity index is 444. The molecule has 0 saturated carbocycles. The maximum atomic E-state index is 12.6. The molecule has 132 valence electrons. The molecule has 7 heteroatoms. The molecule has 0 aromatic heterocycles. The van der Waals surface area contributed by atoms with Crippen molar-refractivity contribution in [2.75, 3.05) is 32.7 Å². The van der Waals surface area contributed by atoms with Gasteiger partial charge in [0.15, 0.2) is 0 Å². The van der Waals surface area contributed by atoms with Crippen LogP contribution in [0.25, 0.3) is 0 Å². The molecule has 3 aliphatic rings. The second-order valence-corrected chi connectivity index (χ2v) is 7.10. The highest BCUT2D eigenvalue weighted by molar-refractivity contribution is 5.80. The van der Waals surface area contributed by atoms with Crippen LogP contribution in [0.15, 0.2) is 0 Å². The van der Waals surface area contributed by atoms with Gasteiger partial charge in [0.2, 0.25) is 5.91 Å². The van der Waals surface area contributed by atoms with Crippen LogP contribution in [-0.4, -0.2) is 66.8 Å². The fraction of sp³-hybridized carbons (Fsp3) is 0.938. The second kappa shape index (κ2) is 6.59. The van der Waals surface area contributed by atoms with Gasteiger partial charge in [-0.3, -0.25) is 9.69 Å². The molecule has 1 amide bonds. The van der Waals surface area contributed by atoms with E-state index in [4.69, 9.17) is 4.74 Å². The third-order valence-corrected chi connectivity index (χ3v) is 5.39. The molecule has 4 atom stereocenters. The summed E-state index contributed by atoms with van der Waals surface area (Å²) < 4.78 is 43.4. The third kappa shape index (κ3) is 3.99. The van der Waals surface area contributed by atoms with Crippen molar-refractivity contribution >= 4 is 5.91 Å². The molecule has 0 spiro atoms. The summed E-state index contributed by atoms with van der Waals surface area (Å²) in [7, 11) is 0. The number of hydrogen-bond donors (Lipinski definition) is 0. The number of ether oxygens (including phenoxy) is 1. The number of fused-ring (bicyclic) bond motifs is 2. The van der Waals surface area contributed by atoms with Gasteiger partial charge in [0.05, 0.1) is 24.7 Å². The van der Waals surface area contributed by atoms with E-state index in [1.807, 2.05) is 4.90 Å². The maximum Gasteiger partial charge on any atom is 0.401 e. The molecule has 4 nitrogen and oxygen atoms in total. The van der Waals surface area contributed by atoms with E-state index in [-0.39, 0.29) is 30.0 Å². The van der Waals surface area contributed by atoms with Crippen LogP contribution in [-0.2, 0) is 9.53 Å².